The van der Waals surface area contributed by atoms with Crippen LogP contribution in [0.3, 0.4) is 0 Å². The van der Waals surface area contributed by atoms with Crippen LogP contribution >= 0.6 is 12.2 Å². The van der Waals surface area contributed by atoms with Crippen molar-refractivity contribution in [2.75, 3.05) is 11.9 Å². The van der Waals surface area contributed by atoms with Crippen LogP contribution in [0.25, 0.3) is 0 Å². The molecule has 1 N–H and O–H groups in total. The van der Waals surface area contributed by atoms with Gasteiger partial charge < -0.3 is 19.2 Å². The monoisotopic (exact) mass is 382 g/mol. The second-order valence-corrected chi connectivity index (χ2v) is 6.92. The van der Waals surface area contributed by atoms with Crippen LogP contribution in [-0.4, -0.2) is 26.1 Å². The van der Waals surface area contributed by atoms with Gasteiger partial charge in [0, 0.05) is 31.2 Å². The van der Waals surface area contributed by atoms with Crippen molar-refractivity contribution in [3.63, 3.8) is 0 Å². The number of anilines is 1. The van der Waals surface area contributed by atoms with Gasteiger partial charge in [-0.1, -0.05) is 25.1 Å². The number of nitrogens with zero attached hydrogens (tertiary/aromatic N) is 3. The van der Waals surface area contributed by atoms with E-state index in [2.05, 4.69) is 44.9 Å². The van der Waals surface area contributed by atoms with Crippen molar-refractivity contribution >= 4 is 23.0 Å². The SMILES string of the molecule is CCc1ccccc1NC(=S)N(CCCn1ccnc1)Cc1ccc(C)o1. The van der Waals surface area contributed by atoms with Crippen molar-refractivity contribution in [1.82, 2.24) is 14.5 Å². The molecule has 142 valence electrons. The van der Waals surface area contributed by atoms with Crippen molar-refractivity contribution in [1.29, 1.82) is 0 Å². The van der Waals surface area contributed by atoms with Crippen molar-refractivity contribution < 1.29 is 4.42 Å². The lowest BCUT2D eigenvalue weighted by atomic mass is 10.1. The van der Waals surface area contributed by atoms with E-state index in [0.717, 1.165) is 48.3 Å². The zero-order chi connectivity index (χ0) is 19.1. The molecule has 0 radical (unpaired) electrons. The lowest BCUT2D eigenvalue weighted by Gasteiger charge is -2.26. The van der Waals surface area contributed by atoms with Crippen LogP contribution in [0, 0.1) is 6.92 Å². The summed E-state index contributed by atoms with van der Waals surface area (Å²) in [5, 5.41) is 4.15. The third kappa shape index (κ3) is 5.44. The van der Waals surface area contributed by atoms with Gasteiger partial charge in [-0.05, 0) is 55.7 Å². The van der Waals surface area contributed by atoms with Gasteiger partial charge in [0.25, 0.3) is 0 Å². The summed E-state index contributed by atoms with van der Waals surface area (Å²) < 4.78 is 7.85. The van der Waals surface area contributed by atoms with Gasteiger partial charge in [-0.2, -0.15) is 0 Å². The standard InChI is InChI=1S/C21H26N4OS/c1-3-18-7-4-5-8-20(18)23-21(27)25(15-19-10-9-17(2)26-19)13-6-12-24-14-11-22-16-24/h4-5,7-11,14,16H,3,6,12-13,15H2,1-2H3,(H,23,27). The maximum absolute atomic E-state index is 5.77. The molecule has 6 heteroatoms. The average molecular weight is 383 g/mol. The lowest BCUT2D eigenvalue weighted by Crippen LogP contribution is -2.35. The normalized spacial score (nSPS) is 10.7. The highest BCUT2D eigenvalue weighted by Crippen LogP contribution is 2.18. The zero-order valence-electron chi connectivity index (χ0n) is 15.9. The van der Waals surface area contributed by atoms with E-state index < -0.39 is 0 Å². The molecule has 0 aliphatic rings. The first-order valence-electron chi connectivity index (χ1n) is 9.30. The minimum atomic E-state index is 0.651. The highest BCUT2D eigenvalue weighted by molar-refractivity contribution is 7.80. The number of hydrogen-bond acceptors (Lipinski definition) is 3. The molecule has 0 saturated carbocycles. The van der Waals surface area contributed by atoms with E-state index in [-0.39, 0.29) is 0 Å². The zero-order valence-corrected chi connectivity index (χ0v) is 16.7. The molecule has 27 heavy (non-hydrogen) atoms. The van der Waals surface area contributed by atoms with E-state index in [0.29, 0.717) is 6.54 Å². The fourth-order valence-electron chi connectivity index (χ4n) is 3.02. The number of hydrogen-bond donors (Lipinski definition) is 1. The number of aryl methyl sites for hydroxylation is 3. The fraction of sp³-hybridized carbons (Fsp3) is 0.333. The number of thiocarbonyl (C=S) groups is 1. The molecule has 2 aromatic heterocycles. The Morgan fingerprint density at radius 3 is 2.81 bits per heavy atom. The molecule has 0 saturated heterocycles. The molecule has 0 amide bonds. The minimum Gasteiger partial charge on any atom is -0.464 e. The Balaban J connectivity index is 1.67. The molecule has 1 aromatic carbocycles. The average Bonchev–Trinajstić information content (AvgIpc) is 3.33. The predicted molar refractivity (Wildman–Crippen MR) is 113 cm³/mol. The van der Waals surface area contributed by atoms with Gasteiger partial charge in [-0.25, -0.2) is 4.98 Å². The van der Waals surface area contributed by atoms with Gasteiger partial charge >= 0.3 is 0 Å². The summed E-state index contributed by atoms with van der Waals surface area (Å²) in [6.45, 7) is 6.50. The van der Waals surface area contributed by atoms with Gasteiger partial charge in [-0.15, -0.1) is 0 Å². The highest BCUT2D eigenvalue weighted by Gasteiger charge is 2.14. The summed E-state index contributed by atoms with van der Waals surface area (Å²) in [6.07, 6.45) is 7.55. The van der Waals surface area contributed by atoms with Crippen molar-refractivity contribution in [3.8, 4) is 0 Å². The molecule has 0 bridgehead atoms. The summed E-state index contributed by atoms with van der Waals surface area (Å²) in [7, 11) is 0. The Morgan fingerprint density at radius 1 is 1.26 bits per heavy atom. The molecule has 0 unspecified atom stereocenters. The highest BCUT2D eigenvalue weighted by atomic mass is 32.1. The predicted octanol–water partition coefficient (Wildman–Crippen LogP) is 4.64. The van der Waals surface area contributed by atoms with Crippen molar-refractivity contribution in [2.45, 2.75) is 39.8 Å². The fourth-order valence-corrected chi connectivity index (χ4v) is 3.28. The number of benzene rings is 1. The van der Waals surface area contributed by atoms with Gasteiger partial charge in [0.2, 0.25) is 0 Å². The number of para-hydroxylation sites is 1. The Bertz CT molecular complexity index is 857. The maximum atomic E-state index is 5.77. The number of nitrogens with one attached hydrogen (secondary N) is 1. The van der Waals surface area contributed by atoms with Crippen LogP contribution in [0.2, 0.25) is 0 Å². The quantitative estimate of drug-likeness (QED) is 0.575. The summed E-state index contributed by atoms with van der Waals surface area (Å²) in [5.41, 5.74) is 2.33. The molecule has 3 rings (SSSR count). The lowest BCUT2D eigenvalue weighted by molar-refractivity contribution is 0.348. The van der Waals surface area contributed by atoms with E-state index in [1.165, 1.54) is 5.56 Å². The molecular formula is C21H26N4OS. The Labute approximate surface area is 166 Å². The number of furan rings is 1. The van der Waals surface area contributed by atoms with Crippen molar-refractivity contribution in [3.05, 3.63) is 72.2 Å². The second kappa shape index (κ2) is 9.37. The molecule has 5 nitrogen and oxygen atoms in total. The van der Waals surface area contributed by atoms with Crippen LogP contribution in [0.5, 0.6) is 0 Å². The van der Waals surface area contributed by atoms with E-state index in [9.17, 15) is 0 Å². The molecule has 0 atom stereocenters. The van der Waals surface area contributed by atoms with Crippen LogP contribution in [0.4, 0.5) is 5.69 Å². The first-order chi connectivity index (χ1) is 13.2. The number of aromatic nitrogens is 2. The summed E-state index contributed by atoms with van der Waals surface area (Å²) >= 11 is 5.74. The third-order valence-electron chi connectivity index (χ3n) is 4.47. The molecule has 0 spiro atoms. The summed E-state index contributed by atoms with van der Waals surface area (Å²) in [5.74, 6) is 1.83. The van der Waals surface area contributed by atoms with E-state index in [1.807, 2.05) is 37.6 Å². The number of imidazole rings is 1. The minimum absolute atomic E-state index is 0.651. The van der Waals surface area contributed by atoms with Gasteiger partial charge in [-0.3, -0.25) is 0 Å². The van der Waals surface area contributed by atoms with Gasteiger partial charge in [0.15, 0.2) is 5.11 Å². The Kier molecular flexibility index (Phi) is 6.65. The molecule has 0 aliphatic heterocycles. The largest absolute Gasteiger partial charge is 0.464 e. The molecule has 2 heterocycles. The van der Waals surface area contributed by atoms with Crippen LogP contribution in [0.1, 0.15) is 30.4 Å². The van der Waals surface area contributed by atoms with Crippen LogP contribution < -0.4 is 5.32 Å². The Morgan fingerprint density at radius 2 is 2.11 bits per heavy atom. The topological polar surface area (TPSA) is 46.2 Å². The third-order valence-corrected chi connectivity index (χ3v) is 4.83. The maximum Gasteiger partial charge on any atom is 0.173 e. The smallest absolute Gasteiger partial charge is 0.173 e. The van der Waals surface area contributed by atoms with Crippen molar-refractivity contribution in [2.24, 2.45) is 0 Å². The molecular weight excluding hydrogens is 356 g/mol. The molecule has 0 fully saturated rings. The first kappa shape index (κ1) is 19.2. The van der Waals surface area contributed by atoms with E-state index >= 15 is 0 Å². The van der Waals surface area contributed by atoms with Crippen LogP contribution in [-0.2, 0) is 19.5 Å². The number of rotatable bonds is 8. The molecule has 0 aliphatic carbocycles. The summed E-state index contributed by atoms with van der Waals surface area (Å²) in [4.78, 5) is 6.26. The second-order valence-electron chi connectivity index (χ2n) is 6.53. The molecule has 3 aromatic rings. The summed E-state index contributed by atoms with van der Waals surface area (Å²) in [6, 6.07) is 12.3. The van der Waals surface area contributed by atoms with Gasteiger partial charge in [0.1, 0.15) is 11.5 Å². The Hall–Kier alpha value is -2.60. The first-order valence-corrected chi connectivity index (χ1v) is 9.71. The van der Waals surface area contributed by atoms with Crippen LogP contribution in [0.15, 0.2) is 59.5 Å². The van der Waals surface area contributed by atoms with E-state index in [1.54, 1.807) is 6.20 Å². The van der Waals surface area contributed by atoms with E-state index in [4.69, 9.17) is 16.6 Å². The van der Waals surface area contributed by atoms with Gasteiger partial charge in [0.05, 0.1) is 12.9 Å².